The highest BCUT2D eigenvalue weighted by Crippen LogP contribution is 2.22. The number of ether oxygens (including phenoxy) is 1. The molecule has 0 saturated heterocycles. The maximum atomic E-state index is 12.1. The summed E-state index contributed by atoms with van der Waals surface area (Å²) < 4.78 is 5.29. The highest BCUT2D eigenvalue weighted by molar-refractivity contribution is 6.30. The molecule has 110 valence electrons. The maximum Gasteiger partial charge on any atom is 0.275 e. The Labute approximate surface area is 133 Å². The van der Waals surface area contributed by atoms with Crippen LogP contribution in [0.25, 0.3) is 6.08 Å². The third kappa shape index (κ3) is 2.87. The standard InChI is InChI=1S/C17H13ClN2O2/c1-22-15-5-3-2-4-13(15)16-19-14(17(21)20-16)10-11-6-8-12(18)9-7-11/h2-10H,1H3,(H,19,20,21)/b14-10+. The van der Waals surface area contributed by atoms with Gasteiger partial charge in [-0.1, -0.05) is 35.9 Å². The van der Waals surface area contributed by atoms with E-state index in [1.165, 1.54) is 0 Å². The van der Waals surface area contributed by atoms with Crippen molar-refractivity contribution in [1.82, 2.24) is 5.32 Å². The number of halogens is 1. The number of carbonyl (C=O) groups is 1. The summed E-state index contributed by atoms with van der Waals surface area (Å²) in [5.41, 5.74) is 1.96. The molecule has 0 saturated carbocycles. The summed E-state index contributed by atoms with van der Waals surface area (Å²) in [7, 11) is 1.58. The van der Waals surface area contributed by atoms with E-state index in [1.54, 1.807) is 25.3 Å². The molecule has 0 spiro atoms. The van der Waals surface area contributed by atoms with Gasteiger partial charge in [0.25, 0.3) is 5.91 Å². The number of carbonyl (C=O) groups excluding carboxylic acids is 1. The Bertz CT molecular complexity index is 780. The zero-order chi connectivity index (χ0) is 15.5. The molecule has 2 aromatic carbocycles. The van der Waals surface area contributed by atoms with Gasteiger partial charge in [0.2, 0.25) is 0 Å². The van der Waals surface area contributed by atoms with Crippen molar-refractivity contribution in [1.29, 1.82) is 0 Å². The quantitative estimate of drug-likeness (QED) is 0.884. The Morgan fingerprint density at radius 3 is 2.59 bits per heavy atom. The molecule has 1 amide bonds. The predicted molar refractivity (Wildman–Crippen MR) is 87.1 cm³/mol. The lowest BCUT2D eigenvalue weighted by Crippen LogP contribution is -2.25. The van der Waals surface area contributed by atoms with E-state index in [1.807, 2.05) is 36.4 Å². The third-order valence-electron chi connectivity index (χ3n) is 3.23. The first kappa shape index (κ1) is 14.4. The van der Waals surface area contributed by atoms with Crippen LogP contribution in [0.15, 0.2) is 59.2 Å². The molecule has 1 aliphatic heterocycles. The number of hydrogen-bond acceptors (Lipinski definition) is 3. The van der Waals surface area contributed by atoms with Gasteiger partial charge in [-0.3, -0.25) is 4.79 Å². The van der Waals surface area contributed by atoms with E-state index in [9.17, 15) is 4.79 Å². The number of nitrogens with zero attached hydrogens (tertiary/aromatic N) is 1. The first-order chi connectivity index (χ1) is 10.7. The van der Waals surface area contributed by atoms with Gasteiger partial charge in [-0.05, 0) is 35.9 Å². The Balaban J connectivity index is 1.96. The second-order valence-electron chi connectivity index (χ2n) is 4.70. The van der Waals surface area contributed by atoms with Crippen molar-refractivity contribution in [2.24, 2.45) is 4.99 Å². The minimum Gasteiger partial charge on any atom is -0.496 e. The lowest BCUT2D eigenvalue weighted by Gasteiger charge is -2.06. The van der Waals surface area contributed by atoms with E-state index in [-0.39, 0.29) is 5.91 Å². The maximum absolute atomic E-state index is 12.1. The van der Waals surface area contributed by atoms with Crippen LogP contribution in [0, 0.1) is 0 Å². The highest BCUT2D eigenvalue weighted by Gasteiger charge is 2.23. The van der Waals surface area contributed by atoms with E-state index >= 15 is 0 Å². The van der Waals surface area contributed by atoms with Gasteiger partial charge in [-0.25, -0.2) is 4.99 Å². The number of amidine groups is 1. The molecule has 1 N–H and O–H groups in total. The van der Waals surface area contributed by atoms with Crippen molar-refractivity contribution in [2.45, 2.75) is 0 Å². The fourth-order valence-corrected chi connectivity index (χ4v) is 2.28. The van der Waals surface area contributed by atoms with Crippen molar-refractivity contribution in [3.05, 3.63) is 70.4 Å². The molecule has 22 heavy (non-hydrogen) atoms. The van der Waals surface area contributed by atoms with Gasteiger partial charge in [0.05, 0.1) is 12.7 Å². The van der Waals surface area contributed by atoms with Gasteiger partial charge in [0.1, 0.15) is 17.3 Å². The van der Waals surface area contributed by atoms with Crippen LogP contribution in [-0.2, 0) is 4.79 Å². The molecule has 1 heterocycles. The first-order valence-electron chi connectivity index (χ1n) is 6.68. The Morgan fingerprint density at radius 2 is 1.86 bits per heavy atom. The summed E-state index contributed by atoms with van der Waals surface area (Å²) in [4.78, 5) is 16.4. The normalized spacial score (nSPS) is 15.6. The molecule has 1 aliphatic rings. The molecule has 0 aliphatic carbocycles. The van der Waals surface area contributed by atoms with Crippen LogP contribution >= 0.6 is 11.6 Å². The average molecular weight is 313 g/mol. The minimum atomic E-state index is -0.240. The van der Waals surface area contributed by atoms with E-state index in [4.69, 9.17) is 16.3 Å². The largest absolute Gasteiger partial charge is 0.496 e. The Morgan fingerprint density at radius 1 is 1.14 bits per heavy atom. The zero-order valence-corrected chi connectivity index (χ0v) is 12.6. The fraction of sp³-hybridized carbons (Fsp3) is 0.0588. The molecule has 0 atom stereocenters. The predicted octanol–water partition coefficient (Wildman–Crippen LogP) is 3.27. The van der Waals surface area contributed by atoms with Crippen LogP contribution < -0.4 is 10.1 Å². The fourth-order valence-electron chi connectivity index (χ4n) is 2.15. The summed E-state index contributed by atoms with van der Waals surface area (Å²) >= 11 is 5.85. The van der Waals surface area contributed by atoms with Crippen LogP contribution in [0.3, 0.4) is 0 Å². The summed E-state index contributed by atoms with van der Waals surface area (Å²) in [6, 6.07) is 14.6. The molecule has 0 bridgehead atoms. The molecule has 0 radical (unpaired) electrons. The van der Waals surface area contributed by atoms with Gasteiger partial charge in [-0.2, -0.15) is 0 Å². The lowest BCUT2D eigenvalue weighted by molar-refractivity contribution is -0.115. The van der Waals surface area contributed by atoms with E-state index in [0.717, 1.165) is 11.1 Å². The van der Waals surface area contributed by atoms with Crippen LogP contribution in [0.2, 0.25) is 5.02 Å². The van der Waals surface area contributed by atoms with Gasteiger partial charge in [-0.15, -0.1) is 0 Å². The number of para-hydroxylation sites is 1. The molecular weight excluding hydrogens is 300 g/mol. The smallest absolute Gasteiger partial charge is 0.275 e. The van der Waals surface area contributed by atoms with Crippen molar-refractivity contribution in [3.8, 4) is 5.75 Å². The summed E-state index contributed by atoms with van der Waals surface area (Å²) in [5.74, 6) is 0.910. The van der Waals surface area contributed by atoms with E-state index in [2.05, 4.69) is 10.3 Å². The van der Waals surface area contributed by atoms with Gasteiger partial charge in [0.15, 0.2) is 0 Å². The van der Waals surface area contributed by atoms with E-state index < -0.39 is 0 Å². The molecular formula is C17H13ClN2O2. The Kier molecular flexibility index (Phi) is 3.94. The van der Waals surface area contributed by atoms with Crippen LogP contribution in [0.4, 0.5) is 0 Å². The van der Waals surface area contributed by atoms with Crippen LogP contribution in [0.5, 0.6) is 5.75 Å². The van der Waals surface area contributed by atoms with Gasteiger partial charge in [0, 0.05) is 5.02 Å². The summed E-state index contributed by atoms with van der Waals surface area (Å²) in [5, 5.41) is 3.41. The highest BCUT2D eigenvalue weighted by atomic mass is 35.5. The van der Waals surface area contributed by atoms with Crippen LogP contribution in [0.1, 0.15) is 11.1 Å². The summed E-state index contributed by atoms with van der Waals surface area (Å²) in [6.07, 6.45) is 1.72. The second kappa shape index (κ2) is 6.03. The summed E-state index contributed by atoms with van der Waals surface area (Å²) in [6.45, 7) is 0. The first-order valence-corrected chi connectivity index (χ1v) is 7.06. The monoisotopic (exact) mass is 312 g/mol. The van der Waals surface area contributed by atoms with Crippen molar-refractivity contribution < 1.29 is 9.53 Å². The Hall–Kier alpha value is -2.59. The van der Waals surface area contributed by atoms with Crippen LogP contribution in [-0.4, -0.2) is 18.9 Å². The topological polar surface area (TPSA) is 50.7 Å². The van der Waals surface area contributed by atoms with Crippen molar-refractivity contribution in [2.75, 3.05) is 7.11 Å². The number of nitrogens with one attached hydrogen (secondary N) is 1. The second-order valence-corrected chi connectivity index (χ2v) is 5.13. The average Bonchev–Trinajstić information content (AvgIpc) is 2.90. The lowest BCUT2D eigenvalue weighted by atomic mass is 10.2. The number of amides is 1. The molecule has 0 unspecified atom stereocenters. The molecule has 3 rings (SSSR count). The number of aliphatic imine (C=N–C) groups is 1. The third-order valence-corrected chi connectivity index (χ3v) is 3.48. The number of hydrogen-bond donors (Lipinski definition) is 1. The number of methoxy groups -OCH3 is 1. The minimum absolute atomic E-state index is 0.240. The molecule has 4 nitrogen and oxygen atoms in total. The van der Waals surface area contributed by atoms with E-state index in [0.29, 0.717) is 22.3 Å². The van der Waals surface area contributed by atoms with Gasteiger partial charge >= 0.3 is 0 Å². The van der Waals surface area contributed by atoms with Crippen molar-refractivity contribution >= 4 is 29.4 Å². The molecule has 2 aromatic rings. The zero-order valence-electron chi connectivity index (χ0n) is 11.8. The number of rotatable bonds is 3. The van der Waals surface area contributed by atoms with Gasteiger partial charge < -0.3 is 10.1 Å². The SMILES string of the molecule is COc1ccccc1C1=N/C(=C/c2ccc(Cl)cc2)C(=O)N1. The molecule has 5 heteroatoms. The molecule has 0 aromatic heterocycles. The molecule has 0 fully saturated rings. The number of benzene rings is 2. The van der Waals surface area contributed by atoms with Crippen molar-refractivity contribution in [3.63, 3.8) is 0 Å².